The molecule has 0 spiro atoms. The normalized spacial score (nSPS) is 20.5. The average molecular weight is 268 g/mol. The number of nitriles is 1. The molecule has 6 nitrogen and oxygen atoms in total. The summed E-state index contributed by atoms with van der Waals surface area (Å²) >= 11 is 0. The summed E-state index contributed by atoms with van der Waals surface area (Å²) in [4.78, 5) is 6.65. The zero-order valence-electron chi connectivity index (χ0n) is 10.5. The lowest BCUT2D eigenvalue weighted by Crippen LogP contribution is -2.41. The average Bonchev–Trinajstić information content (AvgIpc) is 2.77. The molecule has 1 aromatic heterocycles. The summed E-state index contributed by atoms with van der Waals surface area (Å²) in [6, 6.07) is 2.25. The smallest absolute Gasteiger partial charge is 0.260 e. The largest absolute Gasteiger partial charge is 0.332 e. The first-order valence-electron chi connectivity index (χ1n) is 5.80. The number of nitrogens with zero attached hydrogens (tertiary/aromatic N) is 3. The Morgan fingerprint density at radius 1 is 1.50 bits per heavy atom. The summed E-state index contributed by atoms with van der Waals surface area (Å²) in [5.74, 6) is 0.576. The van der Waals surface area contributed by atoms with E-state index in [2.05, 4.69) is 16.0 Å². The van der Waals surface area contributed by atoms with Crippen molar-refractivity contribution in [1.82, 2.24) is 14.3 Å². The molecule has 0 radical (unpaired) electrons. The minimum atomic E-state index is -3.49. The fourth-order valence-corrected chi connectivity index (χ4v) is 3.40. The maximum absolute atomic E-state index is 12.3. The van der Waals surface area contributed by atoms with Gasteiger partial charge in [-0.2, -0.15) is 9.57 Å². The van der Waals surface area contributed by atoms with Crippen LogP contribution in [0.15, 0.2) is 11.2 Å². The highest BCUT2D eigenvalue weighted by Crippen LogP contribution is 2.31. The SMILES string of the molecule is Cc1ncc(S(=O)(=O)N2CCC(C)(C#N)CC2)[nH]1. The second kappa shape index (κ2) is 4.37. The van der Waals surface area contributed by atoms with Gasteiger partial charge >= 0.3 is 0 Å². The Kier molecular flexibility index (Phi) is 3.17. The molecular weight excluding hydrogens is 252 g/mol. The second-order valence-electron chi connectivity index (χ2n) is 4.91. The Morgan fingerprint density at radius 2 is 2.11 bits per heavy atom. The number of hydrogen-bond donors (Lipinski definition) is 1. The first-order valence-corrected chi connectivity index (χ1v) is 7.24. The van der Waals surface area contributed by atoms with E-state index in [0.717, 1.165) is 0 Å². The van der Waals surface area contributed by atoms with Crippen LogP contribution in [0, 0.1) is 23.7 Å². The highest BCUT2D eigenvalue weighted by molar-refractivity contribution is 7.89. The van der Waals surface area contributed by atoms with Crippen LogP contribution >= 0.6 is 0 Å². The second-order valence-corrected chi connectivity index (χ2v) is 6.82. The summed E-state index contributed by atoms with van der Waals surface area (Å²) in [7, 11) is -3.49. The van der Waals surface area contributed by atoms with Gasteiger partial charge in [0.05, 0.1) is 17.7 Å². The molecule has 0 aliphatic carbocycles. The molecule has 18 heavy (non-hydrogen) atoms. The molecular formula is C11H16N4O2S. The van der Waals surface area contributed by atoms with Gasteiger partial charge in [0.1, 0.15) is 5.82 Å². The molecule has 0 atom stereocenters. The minimum Gasteiger partial charge on any atom is -0.332 e. The van der Waals surface area contributed by atoms with Crippen molar-refractivity contribution in [2.24, 2.45) is 5.41 Å². The molecule has 2 heterocycles. The molecule has 1 fully saturated rings. The van der Waals surface area contributed by atoms with Crippen LogP contribution in [0.5, 0.6) is 0 Å². The predicted octanol–water partition coefficient (Wildman–Crippen LogP) is 1.03. The lowest BCUT2D eigenvalue weighted by Gasteiger charge is -2.33. The summed E-state index contributed by atoms with van der Waals surface area (Å²) < 4.78 is 26.0. The third-order valence-electron chi connectivity index (χ3n) is 3.39. The van der Waals surface area contributed by atoms with E-state index in [0.29, 0.717) is 31.8 Å². The topological polar surface area (TPSA) is 89.8 Å². The summed E-state index contributed by atoms with van der Waals surface area (Å²) in [5.41, 5.74) is -0.407. The lowest BCUT2D eigenvalue weighted by molar-refractivity contribution is 0.231. The number of rotatable bonds is 2. The Labute approximate surface area is 107 Å². The van der Waals surface area contributed by atoms with E-state index in [1.165, 1.54) is 10.5 Å². The molecule has 0 aromatic carbocycles. The summed E-state index contributed by atoms with van der Waals surface area (Å²) in [5, 5.41) is 9.15. The van der Waals surface area contributed by atoms with Gasteiger partial charge in [0.15, 0.2) is 5.03 Å². The number of sulfonamides is 1. The van der Waals surface area contributed by atoms with E-state index in [9.17, 15) is 8.42 Å². The number of nitrogens with one attached hydrogen (secondary N) is 1. The predicted molar refractivity (Wildman–Crippen MR) is 65.0 cm³/mol. The van der Waals surface area contributed by atoms with Crippen molar-refractivity contribution in [2.75, 3.05) is 13.1 Å². The third kappa shape index (κ3) is 2.26. The maximum Gasteiger partial charge on any atom is 0.260 e. The van der Waals surface area contributed by atoms with Crippen molar-refractivity contribution >= 4 is 10.0 Å². The molecule has 2 rings (SSSR count). The molecule has 1 N–H and O–H groups in total. The molecule has 1 aliphatic heterocycles. The van der Waals surface area contributed by atoms with Crippen LogP contribution in [0.4, 0.5) is 0 Å². The maximum atomic E-state index is 12.3. The first kappa shape index (κ1) is 13.1. The van der Waals surface area contributed by atoms with E-state index in [1.54, 1.807) is 6.92 Å². The molecule has 1 aliphatic rings. The molecule has 1 saturated heterocycles. The number of aromatic nitrogens is 2. The highest BCUT2D eigenvalue weighted by Gasteiger charge is 2.36. The van der Waals surface area contributed by atoms with Gasteiger partial charge in [0.25, 0.3) is 10.0 Å². The van der Waals surface area contributed by atoms with Gasteiger partial charge in [-0.05, 0) is 26.7 Å². The van der Waals surface area contributed by atoms with E-state index >= 15 is 0 Å². The van der Waals surface area contributed by atoms with E-state index in [1.807, 2.05) is 6.92 Å². The van der Waals surface area contributed by atoms with Gasteiger partial charge in [-0.15, -0.1) is 0 Å². The number of imidazole rings is 1. The Bertz CT molecular complexity index is 576. The van der Waals surface area contributed by atoms with Gasteiger partial charge in [0, 0.05) is 13.1 Å². The van der Waals surface area contributed by atoms with Crippen molar-refractivity contribution in [3.8, 4) is 6.07 Å². The summed E-state index contributed by atoms with van der Waals surface area (Å²) in [6.07, 6.45) is 2.47. The Hall–Kier alpha value is -1.39. The van der Waals surface area contributed by atoms with Gasteiger partial charge in [-0.25, -0.2) is 13.4 Å². The van der Waals surface area contributed by atoms with Gasteiger partial charge < -0.3 is 4.98 Å². The van der Waals surface area contributed by atoms with E-state index in [4.69, 9.17) is 5.26 Å². The zero-order chi connectivity index (χ0) is 13.4. The minimum absolute atomic E-state index is 0.126. The monoisotopic (exact) mass is 268 g/mol. The quantitative estimate of drug-likeness (QED) is 0.867. The molecule has 0 saturated carbocycles. The molecule has 98 valence electrons. The van der Waals surface area contributed by atoms with Crippen molar-refractivity contribution in [3.63, 3.8) is 0 Å². The van der Waals surface area contributed by atoms with Crippen LogP contribution in [0.3, 0.4) is 0 Å². The molecule has 0 bridgehead atoms. The number of hydrogen-bond acceptors (Lipinski definition) is 4. The van der Waals surface area contributed by atoms with E-state index in [-0.39, 0.29) is 5.03 Å². The highest BCUT2D eigenvalue weighted by atomic mass is 32.2. The molecule has 0 unspecified atom stereocenters. The first-order chi connectivity index (χ1) is 8.37. The molecule has 0 amide bonds. The number of aromatic amines is 1. The van der Waals surface area contributed by atoms with Crippen molar-refractivity contribution in [3.05, 3.63) is 12.0 Å². The number of aryl methyl sites for hydroxylation is 1. The number of H-pyrrole nitrogens is 1. The summed E-state index contributed by atoms with van der Waals surface area (Å²) in [6.45, 7) is 4.34. The van der Waals surface area contributed by atoms with Crippen molar-refractivity contribution in [1.29, 1.82) is 5.26 Å². The van der Waals surface area contributed by atoms with Crippen LogP contribution in [0.25, 0.3) is 0 Å². The van der Waals surface area contributed by atoms with Crippen LogP contribution < -0.4 is 0 Å². The number of piperidine rings is 1. The van der Waals surface area contributed by atoms with Gasteiger partial charge in [0.2, 0.25) is 0 Å². The van der Waals surface area contributed by atoms with Gasteiger partial charge in [-0.3, -0.25) is 0 Å². The fourth-order valence-electron chi connectivity index (χ4n) is 2.00. The Balaban J connectivity index is 2.17. The van der Waals surface area contributed by atoms with Gasteiger partial charge in [-0.1, -0.05) is 0 Å². The van der Waals surface area contributed by atoms with Crippen LogP contribution in [0.2, 0.25) is 0 Å². The molecule has 1 aromatic rings. The van der Waals surface area contributed by atoms with Crippen molar-refractivity contribution < 1.29 is 8.42 Å². The lowest BCUT2D eigenvalue weighted by atomic mass is 9.83. The molecule has 7 heteroatoms. The zero-order valence-corrected chi connectivity index (χ0v) is 11.3. The van der Waals surface area contributed by atoms with Crippen LogP contribution in [0.1, 0.15) is 25.6 Å². The fraction of sp³-hybridized carbons (Fsp3) is 0.636. The van der Waals surface area contributed by atoms with E-state index < -0.39 is 15.4 Å². The Morgan fingerprint density at radius 3 is 2.56 bits per heavy atom. The standard InChI is InChI=1S/C11H16N4O2S/c1-9-13-7-10(14-9)18(16,17)15-5-3-11(2,8-12)4-6-15/h7H,3-6H2,1-2H3,(H,13,14). The van der Waals surface area contributed by atoms with Crippen molar-refractivity contribution in [2.45, 2.75) is 31.7 Å². The third-order valence-corrected chi connectivity index (χ3v) is 5.20. The van der Waals surface area contributed by atoms with Crippen LogP contribution in [-0.2, 0) is 10.0 Å². The van der Waals surface area contributed by atoms with Crippen LogP contribution in [-0.4, -0.2) is 35.8 Å².